The zero-order valence-electron chi connectivity index (χ0n) is 14.0. The minimum absolute atomic E-state index is 0.0530. The van der Waals surface area contributed by atoms with Gasteiger partial charge >= 0.3 is 12.0 Å². The van der Waals surface area contributed by atoms with Crippen molar-refractivity contribution in [2.45, 2.75) is 57.2 Å². The summed E-state index contributed by atoms with van der Waals surface area (Å²) in [4.78, 5) is 25.3. The Bertz CT molecular complexity index is 471. The van der Waals surface area contributed by atoms with Crippen LogP contribution in [0.5, 0.6) is 0 Å². The molecule has 132 valence electrons. The molecule has 2 aliphatic rings. The molecule has 1 aliphatic carbocycles. The van der Waals surface area contributed by atoms with Crippen LogP contribution in [-0.4, -0.2) is 56.3 Å². The second-order valence-corrected chi connectivity index (χ2v) is 8.89. The molecule has 2 fully saturated rings. The van der Waals surface area contributed by atoms with Crippen LogP contribution >= 0.6 is 0 Å². The van der Waals surface area contributed by atoms with Crippen LogP contribution in [0.4, 0.5) is 4.79 Å². The molecule has 5 atom stereocenters. The maximum Gasteiger partial charge on any atom is 0.317 e. The number of aliphatic carboxylic acids is 1. The minimum Gasteiger partial charge on any atom is -0.481 e. The Hall–Kier alpha value is -1.11. The van der Waals surface area contributed by atoms with E-state index in [1.807, 2.05) is 13.8 Å². The summed E-state index contributed by atoms with van der Waals surface area (Å²) in [5.41, 5.74) is 0. The smallest absolute Gasteiger partial charge is 0.317 e. The van der Waals surface area contributed by atoms with Crippen molar-refractivity contribution in [2.75, 3.05) is 18.8 Å². The summed E-state index contributed by atoms with van der Waals surface area (Å²) in [5.74, 6) is -0.446. The minimum atomic E-state index is -0.828. The fourth-order valence-corrected chi connectivity index (χ4v) is 5.06. The Kier molecular flexibility index (Phi) is 6.44. The number of nitrogens with one attached hydrogen (secondary N) is 1. The van der Waals surface area contributed by atoms with Gasteiger partial charge in [0.05, 0.1) is 5.92 Å². The van der Waals surface area contributed by atoms with E-state index in [9.17, 15) is 18.9 Å². The van der Waals surface area contributed by atoms with Crippen LogP contribution in [0, 0.1) is 11.8 Å². The van der Waals surface area contributed by atoms with Gasteiger partial charge in [-0.2, -0.15) is 0 Å². The van der Waals surface area contributed by atoms with E-state index in [4.69, 9.17) is 0 Å². The normalized spacial score (nSPS) is 33.0. The monoisotopic (exact) mass is 344 g/mol. The first-order valence-corrected chi connectivity index (χ1v) is 9.94. The average Bonchev–Trinajstić information content (AvgIpc) is 2.53. The summed E-state index contributed by atoms with van der Waals surface area (Å²) in [5, 5.41) is 12.4. The topological polar surface area (TPSA) is 86.7 Å². The number of likely N-dealkylation sites (tertiary alicyclic amines) is 1. The molecule has 1 saturated carbocycles. The van der Waals surface area contributed by atoms with Crippen molar-refractivity contribution >= 4 is 22.8 Å². The Morgan fingerprint density at radius 1 is 1.26 bits per heavy atom. The number of piperidine rings is 1. The first-order valence-electron chi connectivity index (χ1n) is 8.56. The molecule has 2 rings (SSSR count). The van der Waals surface area contributed by atoms with Crippen molar-refractivity contribution in [1.29, 1.82) is 0 Å². The molecule has 2 amide bonds. The van der Waals surface area contributed by atoms with Crippen LogP contribution < -0.4 is 5.32 Å². The number of carboxylic acids is 1. The quantitative estimate of drug-likeness (QED) is 0.814. The van der Waals surface area contributed by atoms with Gasteiger partial charge in [-0.1, -0.05) is 20.3 Å². The number of hydrogen-bond acceptors (Lipinski definition) is 3. The van der Waals surface area contributed by atoms with Crippen molar-refractivity contribution < 1.29 is 18.9 Å². The van der Waals surface area contributed by atoms with E-state index in [0.29, 0.717) is 18.7 Å². The highest BCUT2D eigenvalue weighted by Gasteiger charge is 2.33. The fraction of sp³-hybridized carbons (Fsp3) is 0.875. The van der Waals surface area contributed by atoms with E-state index in [0.717, 1.165) is 25.7 Å². The number of carbonyl (C=O) groups is 2. The third-order valence-corrected chi connectivity index (χ3v) is 6.65. The zero-order chi connectivity index (χ0) is 17.0. The Balaban J connectivity index is 1.90. The molecule has 0 radical (unpaired) electrons. The molecule has 6 nitrogen and oxygen atoms in total. The molecule has 0 bridgehead atoms. The van der Waals surface area contributed by atoms with Gasteiger partial charge in [-0.3, -0.25) is 9.00 Å². The number of carboxylic acid groups (broad SMARTS) is 1. The van der Waals surface area contributed by atoms with Crippen LogP contribution in [0.15, 0.2) is 0 Å². The fourth-order valence-electron chi connectivity index (χ4n) is 3.71. The summed E-state index contributed by atoms with van der Waals surface area (Å²) in [6, 6.07) is -0.118. The van der Waals surface area contributed by atoms with E-state index < -0.39 is 22.7 Å². The molecule has 0 aromatic carbocycles. The molecule has 0 spiro atoms. The van der Waals surface area contributed by atoms with Crippen LogP contribution in [0.3, 0.4) is 0 Å². The lowest BCUT2D eigenvalue weighted by atomic mass is 9.90. The number of amides is 2. The van der Waals surface area contributed by atoms with Crippen LogP contribution in [0.1, 0.15) is 46.0 Å². The highest BCUT2D eigenvalue weighted by molar-refractivity contribution is 7.85. The number of urea groups is 1. The van der Waals surface area contributed by atoms with Crippen LogP contribution in [-0.2, 0) is 15.6 Å². The van der Waals surface area contributed by atoms with E-state index in [-0.39, 0.29) is 29.8 Å². The van der Waals surface area contributed by atoms with Crippen molar-refractivity contribution in [1.82, 2.24) is 10.2 Å². The molecule has 5 unspecified atom stereocenters. The highest BCUT2D eigenvalue weighted by atomic mass is 32.2. The Labute approximate surface area is 140 Å². The summed E-state index contributed by atoms with van der Waals surface area (Å²) >= 11 is 0. The molecule has 1 aliphatic heterocycles. The predicted octanol–water partition coefficient (Wildman–Crippen LogP) is 1.82. The van der Waals surface area contributed by atoms with Gasteiger partial charge in [-0.15, -0.1) is 0 Å². The molecule has 0 aromatic rings. The van der Waals surface area contributed by atoms with Gasteiger partial charge < -0.3 is 15.3 Å². The third kappa shape index (κ3) is 4.93. The third-order valence-electron chi connectivity index (χ3n) is 4.91. The van der Waals surface area contributed by atoms with Crippen LogP contribution in [0.25, 0.3) is 0 Å². The van der Waals surface area contributed by atoms with E-state index in [2.05, 4.69) is 5.32 Å². The van der Waals surface area contributed by atoms with E-state index in [1.165, 1.54) is 0 Å². The molecule has 0 aromatic heterocycles. The zero-order valence-corrected chi connectivity index (χ0v) is 14.8. The Morgan fingerprint density at radius 3 is 2.65 bits per heavy atom. The molecule has 7 heteroatoms. The molecule has 2 N–H and O–H groups in total. The van der Waals surface area contributed by atoms with Gasteiger partial charge in [0.2, 0.25) is 0 Å². The molecule has 1 heterocycles. The largest absolute Gasteiger partial charge is 0.481 e. The number of hydrogen-bond donors (Lipinski definition) is 2. The van der Waals surface area contributed by atoms with Gasteiger partial charge in [0.1, 0.15) is 0 Å². The Morgan fingerprint density at radius 2 is 2.00 bits per heavy atom. The average molecular weight is 344 g/mol. The van der Waals surface area contributed by atoms with Gasteiger partial charge in [-0.05, 0) is 31.6 Å². The summed E-state index contributed by atoms with van der Waals surface area (Å²) < 4.78 is 12.0. The molecule has 1 saturated heterocycles. The molecule has 23 heavy (non-hydrogen) atoms. The highest BCUT2D eigenvalue weighted by Crippen LogP contribution is 2.25. The number of carbonyl (C=O) groups excluding carboxylic acids is 1. The maximum absolute atomic E-state index is 12.5. The summed E-state index contributed by atoms with van der Waals surface area (Å²) in [6.07, 6.45) is 4.25. The van der Waals surface area contributed by atoms with Crippen molar-refractivity contribution in [3.05, 3.63) is 0 Å². The lowest BCUT2D eigenvalue weighted by Gasteiger charge is -2.36. The van der Waals surface area contributed by atoms with Gasteiger partial charge in [0.15, 0.2) is 0 Å². The maximum atomic E-state index is 12.5. The first-order chi connectivity index (χ1) is 10.9. The van der Waals surface area contributed by atoms with Crippen LogP contribution in [0.2, 0.25) is 0 Å². The van der Waals surface area contributed by atoms with E-state index in [1.54, 1.807) is 4.90 Å². The predicted molar refractivity (Wildman–Crippen MR) is 89.7 cm³/mol. The van der Waals surface area contributed by atoms with Gasteiger partial charge in [0.25, 0.3) is 0 Å². The molecular formula is C16H28N2O4S. The first kappa shape index (κ1) is 18.2. The summed E-state index contributed by atoms with van der Waals surface area (Å²) in [6.45, 7) is 4.80. The standard InChI is InChI=1S/C16H28N2O4S/c1-3-23(22)14-6-4-5-13(8-14)17-16(21)18-9-11(2)7-12(10-18)15(19)20/h11-14H,3-10H2,1-2H3,(H,17,21)(H,19,20). The second kappa shape index (κ2) is 8.13. The number of nitrogens with zero attached hydrogens (tertiary/aromatic N) is 1. The van der Waals surface area contributed by atoms with Crippen molar-refractivity contribution in [3.63, 3.8) is 0 Å². The van der Waals surface area contributed by atoms with Gasteiger partial charge in [-0.25, -0.2) is 4.79 Å². The molecular weight excluding hydrogens is 316 g/mol. The summed E-state index contributed by atoms with van der Waals surface area (Å²) in [7, 11) is -0.814. The lowest BCUT2D eigenvalue weighted by Crippen LogP contribution is -2.52. The number of rotatable bonds is 4. The van der Waals surface area contributed by atoms with Gasteiger partial charge in [0, 0.05) is 40.9 Å². The lowest BCUT2D eigenvalue weighted by molar-refractivity contribution is -0.143. The van der Waals surface area contributed by atoms with Crippen molar-refractivity contribution in [3.8, 4) is 0 Å². The van der Waals surface area contributed by atoms with Crippen molar-refractivity contribution in [2.24, 2.45) is 11.8 Å². The second-order valence-electron chi connectivity index (χ2n) is 6.89. The SMILES string of the molecule is CCS(=O)C1CCCC(NC(=O)N2CC(C)CC(C(=O)O)C2)C1. The van der Waals surface area contributed by atoms with E-state index >= 15 is 0 Å².